The van der Waals surface area contributed by atoms with Crippen molar-refractivity contribution >= 4 is 27.3 Å². The van der Waals surface area contributed by atoms with E-state index in [2.05, 4.69) is 11.9 Å². The molecule has 5 nitrogen and oxygen atoms in total. The predicted octanol–water partition coefficient (Wildman–Crippen LogP) is 2.44. The maximum Gasteiger partial charge on any atom is 0.235 e. The summed E-state index contributed by atoms with van der Waals surface area (Å²) in [5, 5.41) is 2.83. The second-order valence-corrected chi connectivity index (χ2v) is 7.13. The number of hydrogen-bond acceptors (Lipinski definition) is 3. The van der Waals surface area contributed by atoms with E-state index in [1.807, 2.05) is 13.0 Å². The molecule has 0 atom stereocenters. The van der Waals surface area contributed by atoms with Crippen LogP contribution in [-0.2, 0) is 14.8 Å². The van der Waals surface area contributed by atoms with Crippen LogP contribution in [0.15, 0.2) is 30.9 Å². The molecule has 6 heteroatoms. The fraction of sp³-hybridized carbons (Fsp3) is 0.400. The molecule has 0 aliphatic carbocycles. The van der Waals surface area contributed by atoms with Crippen LogP contribution < -0.4 is 9.62 Å². The molecule has 1 heterocycles. The Labute approximate surface area is 125 Å². The van der Waals surface area contributed by atoms with Crippen LogP contribution in [0.25, 0.3) is 0 Å². The molecule has 0 unspecified atom stereocenters. The van der Waals surface area contributed by atoms with Gasteiger partial charge in [0, 0.05) is 18.7 Å². The molecule has 1 aliphatic heterocycles. The molecule has 2 rings (SSSR count). The predicted molar refractivity (Wildman–Crippen MR) is 85.0 cm³/mol. The second kappa shape index (κ2) is 6.30. The molecule has 0 bridgehead atoms. The highest BCUT2D eigenvalue weighted by atomic mass is 32.2. The zero-order chi connectivity index (χ0) is 15.5. The summed E-state index contributed by atoms with van der Waals surface area (Å²) in [4.78, 5) is 11.8. The first-order chi connectivity index (χ1) is 9.94. The molecule has 1 aliphatic rings. The zero-order valence-electron chi connectivity index (χ0n) is 12.1. The minimum Gasteiger partial charge on any atom is -0.326 e. The van der Waals surface area contributed by atoms with Crippen molar-refractivity contribution in [2.24, 2.45) is 0 Å². The number of aryl methyl sites for hydroxylation is 1. The van der Waals surface area contributed by atoms with Gasteiger partial charge in [-0.15, -0.1) is 6.58 Å². The number of rotatable bonds is 5. The van der Waals surface area contributed by atoms with E-state index in [0.29, 0.717) is 37.2 Å². The van der Waals surface area contributed by atoms with Gasteiger partial charge in [0.1, 0.15) is 0 Å². The first kappa shape index (κ1) is 15.6. The van der Waals surface area contributed by atoms with E-state index in [4.69, 9.17) is 0 Å². The summed E-state index contributed by atoms with van der Waals surface area (Å²) >= 11 is 0. The molecular weight excluding hydrogens is 288 g/mol. The van der Waals surface area contributed by atoms with Gasteiger partial charge in [-0.1, -0.05) is 12.1 Å². The standard InChI is InChI=1S/C15H20N2O3S/c1-3-4-6-15(18)16-14-11-13(8-7-12(14)2)17-9-5-10-21(17,19)20/h3,7-8,11H,1,4-6,9-10H2,2H3,(H,16,18). The van der Waals surface area contributed by atoms with E-state index in [1.165, 1.54) is 4.31 Å². The maximum absolute atomic E-state index is 11.9. The maximum atomic E-state index is 11.9. The summed E-state index contributed by atoms with van der Waals surface area (Å²) in [6.07, 6.45) is 3.32. The van der Waals surface area contributed by atoms with Gasteiger partial charge in [-0.05, 0) is 37.5 Å². The topological polar surface area (TPSA) is 66.5 Å². The molecule has 0 radical (unpaired) electrons. The van der Waals surface area contributed by atoms with Gasteiger partial charge in [0.25, 0.3) is 0 Å². The molecule has 1 aromatic carbocycles. The van der Waals surface area contributed by atoms with Crippen LogP contribution in [0.1, 0.15) is 24.8 Å². The van der Waals surface area contributed by atoms with E-state index in [0.717, 1.165) is 5.56 Å². The molecule has 1 aromatic rings. The summed E-state index contributed by atoms with van der Waals surface area (Å²) in [5.41, 5.74) is 2.17. The molecule has 0 saturated carbocycles. The van der Waals surface area contributed by atoms with Gasteiger partial charge in [0.05, 0.1) is 11.4 Å². The Morgan fingerprint density at radius 1 is 1.48 bits per heavy atom. The number of benzene rings is 1. The largest absolute Gasteiger partial charge is 0.326 e. The van der Waals surface area contributed by atoms with Crippen LogP contribution in [0, 0.1) is 6.92 Å². The van der Waals surface area contributed by atoms with E-state index >= 15 is 0 Å². The summed E-state index contributed by atoms with van der Waals surface area (Å²) in [6.45, 7) is 5.96. The van der Waals surface area contributed by atoms with Crippen LogP contribution in [0.4, 0.5) is 11.4 Å². The molecule has 1 N–H and O–H groups in total. The Hall–Kier alpha value is -1.82. The molecular formula is C15H20N2O3S. The van der Waals surface area contributed by atoms with Crippen molar-refractivity contribution in [2.45, 2.75) is 26.2 Å². The highest BCUT2D eigenvalue weighted by Crippen LogP contribution is 2.28. The molecule has 0 spiro atoms. The SMILES string of the molecule is C=CCCC(=O)Nc1cc(N2CCCS2(=O)=O)ccc1C. The highest BCUT2D eigenvalue weighted by Gasteiger charge is 2.28. The smallest absolute Gasteiger partial charge is 0.235 e. The molecule has 0 aromatic heterocycles. The lowest BCUT2D eigenvalue weighted by Gasteiger charge is -2.19. The summed E-state index contributed by atoms with van der Waals surface area (Å²) in [6, 6.07) is 5.33. The van der Waals surface area contributed by atoms with E-state index in [1.54, 1.807) is 18.2 Å². The fourth-order valence-electron chi connectivity index (χ4n) is 2.28. The Balaban J connectivity index is 2.21. The average molecular weight is 308 g/mol. The van der Waals surface area contributed by atoms with Crippen LogP contribution >= 0.6 is 0 Å². The molecule has 1 fully saturated rings. The molecule has 1 saturated heterocycles. The van der Waals surface area contributed by atoms with Gasteiger partial charge >= 0.3 is 0 Å². The Kier molecular flexibility index (Phi) is 4.67. The minimum absolute atomic E-state index is 0.0978. The minimum atomic E-state index is -3.21. The van der Waals surface area contributed by atoms with Crippen molar-refractivity contribution in [2.75, 3.05) is 21.9 Å². The number of carbonyl (C=O) groups excluding carboxylic acids is 1. The van der Waals surface area contributed by atoms with Gasteiger partial charge in [-0.25, -0.2) is 8.42 Å². The van der Waals surface area contributed by atoms with Crippen molar-refractivity contribution in [3.63, 3.8) is 0 Å². The number of hydrogen-bond donors (Lipinski definition) is 1. The number of nitrogens with zero attached hydrogens (tertiary/aromatic N) is 1. The van der Waals surface area contributed by atoms with E-state index < -0.39 is 10.0 Å². The van der Waals surface area contributed by atoms with E-state index in [9.17, 15) is 13.2 Å². The quantitative estimate of drug-likeness (QED) is 0.850. The van der Waals surface area contributed by atoms with E-state index in [-0.39, 0.29) is 11.7 Å². The number of carbonyl (C=O) groups is 1. The Morgan fingerprint density at radius 2 is 2.24 bits per heavy atom. The molecule has 21 heavy (non-hydrogen) atoms. The molecule has 114 valence electrons. The van der Waals surface area contributed by atoms with Crippen LogP contribution in [0.3, 0.4) is 0 Å². The van der Waals surface area contributed by atoms with Gasteiger partial charge < -0.3 is 5.32 Å². The van der Waals surface area contributed by atoms with Crippen LogP contribution in [-0.4, -0.2) is 26.6 Å². The third kappa shape index (κ3) is 3.64. The average Bonchev–Trinajstić information content (AvgIpc) is 2.78. The third-order valence-electron chi connectivity index (χ3n) is 3.46. The molecule has 1 amide bonds. The van der Waals surface area contributed by atoms with Crippen LogP contribution in [0.5, 0.6) is 0 Å². The second-order valence-electron chi connectivity index (χ2n) is 5.12. The first-order valence-electron chi connectivity index (χ1n) is 6.96. The Morgan fingerprint density at radius 3 is 2.86 bits per heavy atom. The lowest BCUT2D eigenvalue weighted by Crippen LogP contribution is -2.25. The van der Waals surface area contributed by atoms with Gasteiger partial charge in [-0.3, -0.25) is 9.10 Å². The van der Waals surface area contributed by atoms with Crippen molar-refractivity contribution in [3.8, 4) is 0 Å². The number of amides is 1. The van der Waals surface area contributed by atoms with Crippen molar-refractivity contribution in [3.05, 3.63) is 36.4 Å². The van der Waals surface area contributed by atoms with Gasteiger partial charge in [0.15, 0.2) is 0 Å². The zero-order valence-corrected chi connectivity index (χ0v) is 12.9. The Bertz CT molecular complexity index is 653. The first-order valence-corrected chi connectivity index (χ1v) is 8.57. The van der Waals surface area contributed by atoms with Crippen LogP contribution in [0.2, 0.25) is 0 Å². The number of nitrogens with one attached hydrogen (secondary N) is 1. The summed E-state index contributed by atoms with van der Waals surface area (Å²) < 4.78 is 25.3. The summed E-state index contributed by atoms with van der Waals surface area (Å²) in [7, 11) is -3.21. The third-order valence-corrected chi connectivity index (χ3v) is 5.33. The monoisotopic (exact) mass is 308 g/mol. The number of allylic oxidation sites excluding steroid dienone is 1. The van der Waals surface area contributed by atoms with Crippen molar-refractivity contribution in [1.82, 2.24) is 0 Å². The fourth-order valence-corrected chi connectivity index (χ4v) is 3.83. The lowest BCUT2D eigenvalue weighted by molar-refractivity contribution is -0.116. The lowest BCUT2D eigenvalue weighted by atomic mass is 10.1. The summed E-state index contributed by atoms with van der Waals surface area (Å²) in [5.74, 6) is 0.0847. The number of sulfonamides is 1. The highest BCUT2D eigenvalue weighted by molar-refractivity contribution is 7.93. The normalized spacial score (nSPS) is 16.7. The number of anilines is 2. The van der Waals surface area contributed by atoms with Crippen molar-refractivity contribution in [1.29, 1.82) is 0 Å². The van der Waals surface area contributed by atoms with Gasteiger partial charge in [-0.2, -0.15) is 0 Å². The van der Waals surface area contributed by atoms with Crippen molar-refractivity contribution < 1.29 is 13.2 Å². The van der Waals surface area contributed by atoms with Gasteiger partial charge in [0.2, 0.25) is 15.9 Å².